The second-order valence-corrected chi connectivity index (χ2v) is 7.49. The van der Waals surface area contributed by atoms with Gasteiger partial charge in [-0.25, -0.2) is 0 Å². The maximum atomic E-state index is 12.3. The Morgan fingerprint density at radius 3 is 2.41 bits per heavy atom. The topological polar surface area (TPSA) is 41.1 Å². The Labute approximate surface area is 165 Å². The number of amides is 1. The van der Waals surface area contributed by atoms with Crippen LogP contribution in [0.1, 0.15) is 34.5 Å². The van der Waals surface area contributed by atoms with Crippen LogP contribution in [-0.4, -0.2) is 19.0 Å². The van der Waals surface area contributed by atoms with Crippen LogP contribution < -0.4 is 10.6 Å². The minimum absolute atomic E-state index is 0.0256. The molecule has 4 heteroatoms. The number of benzene rings is 2. The number of nitrogens with one attached hydrogen (secondary N) is 2. The fraction of sp³-hybridized carbons (Fsp3) is 0.261. The van der Waals surface area contributed by atoms with E-state index in [0.29, 0.717) is 13.1 Å². The first-order valence-electron chi connectivity index (χ1n) is 9.42. The van der Waals surface area contributed by atoms with E-state index in [1.807, 2.05) is 18.2 Å². The molecule has 27 heavy (non-hydrogen) atoms. The van der Waals surface area contributed by atoms with E-state index in [0.717, 1.165) is 12.8 Å². The largest absolute Gasteiger partial charge is 0.355 e. The fourth-order valence-corrected chi connectivity index (χ4v) is 3.86. The third kappa shape index (κ3) is 5.78. The molecular weight excluding hydrogens is 352 g/mol. The molecule has 140 valence electrons. The fourth-order valence-electron chi connectivity index (χ4n) is 3.03. The molecule has 2 N–H and O–H groups in total. The Kier molecular flexibility index (Phi) is 7.19. The molecule has 3 nitrogen and oxygen atoms in total. The first-order valence-corrected chi connectivity index (χ1v) is 10.3. The Morgan fingerprint density at radius 2 is 1.74 bits per heavy atom. The molecule has 0 aliphatic heterocycles. The molecule has 1 amide bonds. The molecule has 0 aliphatic carbocycles. The van der Waals surface area contributed by atoms with Crippen molar-refractivity contribution < 1.29 is 4.79 Å². The standard InChI is InChI=1S/C23H26N2OS/c1-2-18-10-12-20(13-11-18)23(21-9-6-16-27-21)25-17-22(26)24-15-14-19-7-4-3-5-8-19/h3-13,16,23,25H,2,14-15,17H2,1H3,(H,24,26)/t23-/m0/s1. The van der Waals surface area contributed by atoms with Crippen LogP contribution in [0.3, 0.4) is 0 Å². The Hall–Kier alpha value is -2.43. The van der Waals surface area contributed by atoms with Gasteiger partial charge in [-0.3, -0.25) is 10.1 Å². The van der Waals surface area contributed by atoms with Crippen LogP contribution in [0.5, 0.6) is 0 Å². The van der Waals surface area contributed by atoms with Gasteiger partial charge >= 0.3 is 0 Å². The van der Waals surface area contributed by atoms with Gasteiger partial charge in [0.2, 0.25) is 5.91 Å². The number of rotatable bonds is 9. The Balaban J connectivity index is 1.55. The van der Waals surface area contributed by atoms with E-state index in [1.54, 1.807) is 11.3 Å². The molecule has 0 saturated heterocycles. The molecular formula is C23H26N2OS. The average Bonchev–Trinajstić information content (AvgIpc) is 3.24. The van der Waals surface area contributed by atoms with Crippen LogP contribution in [0.4, 0.5) is 0 Å². The predicted octanol–water partition coefficient (Wildman–Crippen LogP) is 4.35. The van der Waals surface area contributed by atoms with Crippen molar-refractivity contribution in [3.8, 4) is 0 Å². The molecule has 1 heterocycles. The lowest BCUT2D eigenvalue weighted by Gasteiger charge is -2.18. The zero-order valence-corrected chi connectivity index (χ0v) is 16.5. The van der Waals surface area contributed by atoms with E-state index in [9.17, 15) is 4.79 Å². The first kappa shape index (κ1) is 19.3. The smallest absolute Gasteiger partial charge is 0.233 e. The summed E-state index contributed by atoms with van der Waals surface area (Å²) in [5.74, 6) is 0.0256. The molecule has 1 atom stereocenters. The van der Waals surface area contributed by atoms with Crippen LogP contribution in [0, 0.1) is 0 Å². The minimum Gasteiger partial charge on any atom is -0.355 e. The number of hydrogen-bond acceptors (Lipinski definition) is 3. The highest BCUT2D eigenvalue weighted by Crippen LogP contribution is 2.26. The monoisotopic (exact) mass is 378 g/mol. The maximum Gasteiger partial charge on any atom is 0.233 e. The summed E-state index contributed by atoms with van der Waals surface area (Å²) in [5, 5.41) is 8.50. The third-order valence-electron chi connectivity index (χ3n) is 4.59. The van der Waals surface area contributed by atoms with Gasteiger partial charge in [0.1, 0.15) is 0 Å². The molecule has 0 fully saturated rings. The van der Waals surface area contributed by atoms with Gasteiger partial charge in [0.15, 0.2) is 0 Å². The summed E-state index contributed by atoms with van der Waals surface area (Å²) in [6, 6.07) is 23.1. The van der Waals surface area contributed by atoms with E-state index in [-0.39, 0.29) is 11.9 Å². The van der Waals surface area contributed by atoms with Gasteiger partial charge in [0.05, 0.1) is 12.6 Å². The number of aryl methyl sites for hydroxylation is 1. The minimum atomic E-state index is 0.0256. The summed E-state index contributed by atoms with van der Waals surface area (Å²) in [7, 11) is 0. The van der Waals surface area contributed by atoms with E-state index >= 15 is 0 Å². The van der Waals surface area contributed by atoms with Gasteiger partial charge in [0, 0.05) is 11.4 Å². The zero-order valence-electron chi connectivity index (χ0n) is 15.7. The van der Waals surface area contributed by atoms with Crippen molar-refractivity contribution in [2.75, 3.05) is 13.1 Å². The predicted molar refractivity (Wildman–Crippen MR) is 113 cm³/mol. The lowest BCUT2D eigenvalue weighted by Crippen LogP contribution is -2.36. The van der Waals surface area contributed by atoms with Crippen molar-refractivity contribution in [3.63, 3.8) is 0 Å². The molecule has 3 aromatic rings. The van der Waals surface area contributed by atoms with Crippen LogP contribution in [0.25, 0.3) is 0 Å². The molecule has 0 bridgehead atoms. The molecule has 0 unspecified atom stereocenters. The van der Waals surface area contributed by atoms with Gasteiger partial charge < -0.3 is 5.32 Å². The molecule has 0 aliphatic rings. The van der Waals surface area contributed by atoms with Crippen molar-refractivity contribution in [2.45, 2.75) is 25.8 Å². The molecule has 0 radical (unpaired) electrons. The highest BCUT2D eigenvalue weighted by atomic mass is 32.1. The first-order chi connectivity index (χ1) is 13.3. The number of carbonyl (C=O) groups excluding carboxylic acids is 1. The highest BCUT2D eigenvalue weighted by molar-refractivity contribution is 7.10. The Bertz CT molecular complexity index is 813. The van der Waals surface area contributed by atoms with Crippen LogP contribution in [0.15, 0.2) is 72.1 Å². The normalized spacial score (nSPS) is 11.9. The Morgan fingerprint density at radius 1 is 0.963 bits per heavy atom. The molecule has 0 spiro atoms. The lowest BCUT2D eigenvalue weighted by molar-refractivity contribution is -0.120. The summed E-state index contributed by atoms with van der Waals surface area (Å²) < 4.78 is 0. The lowest BCUT2D eigenvalue weighted by atomic mass is 10.0. The van der Waals surface area contributed by atoms with E-state index in [1.165, 1.54) is 21.6 Å². The summed E-state index contributed by atoms with van der Waals surface area (Å²) >= 11 is 1.71. The summed E-state index contributed by atoms with van der Waals surface area (Å²) in [6.07, 6.45) is 1.88. The molecule has 2 aromatic carbocycles. The summed E-state index contributed by atoms with van der Waals surface area (Å²) in [6.45, 7) is 3.11. The van der Waals surface area contributed by atoms with E-state index < -0.39 is 0 Å². The molecule has 1 aromatic heterocycles. The highest BCUT2D eigenvalue weighted by Gasteiger charge is 2.16. The second kappa shape index (κ2) is 10.0. The van der Waals surface area contributed by atoms with Crippen molar-refractivity contribution >= 4 is 17.2 Å². The van der Waals surface area contributed by atoms with Crippen molar-refractivity contribution in [1.82, 2.24) is 10.6 Å². The van der Waals surface area contributed by atoms with Crippen molar-refractivity contribution in [1.29, 1.82) is 0 Å². The van der Waals surface area contributed by atoms with Crippen molar-refractivity contribution in [2.24, 2.45) is 0 Å². The number of carbonyl (C=O) groups is 1. The van der Waals surface area contributed by atoms with Gasteiger partial charge in [-0.2, -0.15) is 0 Å². The van der Waals surface area contributed by atoms with Gasteiger partial charge in [0.25, 0.3) is 0 Å². The van der Waals surface area contributed by atoms with E-state index in [4.69, 9.17) is 0 Å². The summed E-state index contributed by atoms with van der Waals surface area (Å²) in [4.78, 5) is 13.5. The zero-order chi connectivity index (χ0) is 18.9. The van der Waals surface area contributed by atoms with Gasteiger partial charge in [-0.1, -0.05) is 67.6 Å². The number of thiophene rings is 1. The average molecular weight is 379 g/mol. The quantitative estimate of drug-likeness (QED) is 0.581. The summed E-state index contributed by atoms with van der Waals surface area (Å²) in [5.41, 5.74) is 3.74. The SMILES string of the molecule is CCc1ccc([C@H](NCC(=O)NCCc2ccccc2)c2cccs2)cc1. The number of hydrogen-bond donors (Lipinski definition) is 2. The second-order valence-electron chi connectivity index (χ2n) is 6.51. The van der Waals surface area contributed by atoms with Crippen molar-refractivity contribution in [3.05, 3.63) is 93.7 Å². The van der Waals surface area contributed by atoms with Crippen LogP contribution in [0.2, 0.25) is 0 Å². The third-order valence-corrected chi connectivity index (χ3v) is 5.53. The van der Waals surface area contributed by atoms with Gasteiger partial charge in [-0.05, 0) is 41.0 Å². The van der Waals surface area contributed by atoms with Crippen LogP contribution in [-0.2, 0) is 17.6 Å². The van der Waals surface area contributed by atoms with E-state index in [2.05, 4.69) is 71.5 Å². The molecule has 0 saturated carbocycles. The van der Waals surface area contributed by atoms with Gasteiger partial charge in [-0.15, -0.1) is 11.3 Å². The van der Waals surface area contributed by atoms with Crippen LogP contribution >= 0.6 is 11.3 Å². The maximum absolute atomic E-state index is 12.3. The molecule has 3 rings (SSSR count).